The number of aromatic nitrogens is 3. The molecule has 6 heteroatoms. The third-order valence-electron chi connectivity index (χ3n) is 4.02. The van der Waals surface area contributed by atoms with Crippen LogP contribution in [0.3, 0.4) is 0 Å². The van der Waals surface area contributed by atoms with E-state index in [0.29, 0.717) is 17.2 Å². The van der Waals surface area contributed by atoms with E-state index < -0.39 is 5.60 Å². The van der Waals surface area contributed by atoms with Crippen molar-refractivity contribution in [1.82, 2.24) is 14.5 Å². The number of hydrogen-bond acceptors (Lipinski definition) is 5. The van der Waals surface area contributed by atoms with E-state index in [9.17, 15) is 9.90 Å². The zero-order chi connectivity index (χ0) is 14.3. The SMILES string of the molecule is CSc1ncc2ccc(=O)n(C3CCC[C@@]3(C)O)c2n1. The summed E-state index contributed by atoms with van der Waals surface area (Å²) in [5, 5.41) is 12.0. The number of hydrogen-bond donors (Lipinski definition) is 1. The second-order valence-corrected chi connectivity index (χ2v) is 6.22. The Morgan fingerprint density at radius 3 is 2.95 bits per heavy atom. The van der Waals surface area contributed by atoms with Gasteiger partial charge < -0.3 is 5.11 Å². The maximum Gasteiger partial charge on any atom is 0.252 e. The first-order valence-electron chi connectivity index (χ1n) is 6.67. The lowest BCUT2D eigenvalue weighted by Gasteiger charge is -2.28. The van der Waals surface area contributed by atoms with Crippen LogP contribution in [0, 0.1) is 0 Å². The number of nitrogens with zero attached hydrogens (tertiary/aromatic N) is 3. The molecule has 1 saturated carbocycles. The van der Waals surface area contributed by atoms with Gasteiger partial charge >= 0.3 is 0 Å². The zero-order valence-electron chi connectivity index (χ0n) is 11.5. The maximum absolute atomic E-state index is 12.3. The minimum atomic E-state index is -0.859. The smallest absolute Gasteiger partial charge is 0.252 e. The quantitative estimate of drug-likeness (QED) is 0.677. The van der Waals surface area contributed by atoms with Crippen LogP contribution in [0.2, 0.25) is 0 Å². The average Bonchev–Trinajstić information content (AvgIpc) is 2.77. The van der Waals surface area contributed by atoms with Crippen LogP contribution in [-0.4, -0.2) is 31.5 Å². The topological polar surface area (TPSA) is 68.0 Å². The summed E-state index contributed by atoms with van der Waals surface area (Å²) in [6, 6.07) is 3.05. The highest BCUT2D eigenvalue weighted by Crippen LogP contribution is 2.39. The van der Waals surface area contributed by atoms with Gasteiger partial charge in [-0.15, -0.1) is 0 Å². The summed E-state index contributed by atoms with van der Waals surface area (Å²) in [5.41, 5.74) is -0.359. The molecule has 0 bridgehead atoms. The summed E-state index contributed by atoms with van der Waals surface area (Å²) in [6.07, 6.45) is 6.05. The molecule has 106 valence electrons. The van der Waals surface area contributed by atoms with Crippen LogP contribution >= 0.6 is 11.8 Å². The Balaban J connectivity index is 2.28. The van der Waals surface area contributed by atoms with Gasteiger partial charge in [0.1, 0.15) is 5.65 Å². The molecule has 2 heterocycles. The Hall–Kier alpha value is -1.40. The molecule has 2 aromatic heterocycles. The van der Waals surface area contributed by atoms with Crippen molar-refractivity contribution in [3.8, 4) is 0 Å². The molecule has 0 amide bonds. The van der Waals surface area contributed by atoms with Crippen LogP contribution in [0.5, 0.6) is 0 Å². The minimum absolute atomic E-state index is 0.115. The molecule has 3 rings (SSSR count). The molecule has 1 aliphatic rings. The van der Waals surface area contributed by atoms with Gasteiger partial charge in [-0.25, -0.2) is 9.97 Å². The number of pyridine rings is 1. The van der Waals surface area contributed by atoms with Crippen molar-refractivity contribution in [2.75, 3.05) is 6.26 Å². The molecule has 0 radical (unpaired) electrons. The first kappa shape index (κ1) is 13.6. The van der Waals surface area contributed by atoms with E-state index in [1.54, 1.807) is 23.8 Å². The summed E-state index contributed by atoms with van der Waals surface area (Å²) < 4.78 is 1.64. The van der Waals surface area contributed by atoms with Crippen LogP contribution < -0.4 is 5.56 Å². The molecule has 2 aromatic rings. The molecule has 0 saturated heterocycles. The van der Waals surface area contributed by atoms with Crippen molar-refractivity contribution in [3.63, 3.8) is 0 Å². The second kappa shape index (κ2) is 4.86. The third-order valence-corrected chi connectivity index (χ3v) is 4.58. The molecule has 0 aromatic carbocycles. The van der Waals surface area contributed by atoms with Gasteiger partial charge in [0.15, 0.2) is 5.16 Å². The predicted octanol–water partition coefficient (Wildman–Crippen LogP) is 1.99. The fourth-order valence-corrected chi connectivity index (χ4v) is 3.30. The Morgan fingerprint density at radius 1 is 1.50 bits per heavy atom. The van der Waals surface area contributed by atoms with E-state index in [2.05, 4.69) is 9.97 Å². The lowest BCUT2D eigenvalue weighted by Crippen LogP contribution is -2.37. The summed E-state index contributed by atoms with van der Waals surface area (Å²) in [6.45, 7) is 1.80. The van der Waals surface area contributed by atoms with Crippen LogP contribution in [0.25, 0.3) is 11.0 Å². The van der Waals surface area contributed by atoms with Gasteiger partial charge in [0, 0.05) is 17.6 Å². The van der Waals surface area contributed by atoms with Gasteiger partial charge in [-0.3, -0.25) is 9.36 Å². The van der Waals surface area contributed by atoms with Gasteiger partial charge in [0.2, 0.25) is 0 Å². The first-order valence-corrected chi connectivity index (χ1v) is 7.90. The Labute approximate surface area is 121 Å². The normalized spacial score (nSPS) is 26.2. The summed E-state index contributed by atoms with van der Waals surface area (Å²) in [7, 11) is 0. The molecule has 1 aliphatic carbocycles. The third kappa shape index (κ3) is 2.13. The molecule has 1 fully saturated rings. The van der Waals surface area contributed by atoms with Crippen molar-refractivity contribution in [1.29, 1.82) is 0 Å². The zero-order valence-corrected chi connectivity index (χ0v) is 12.4. The fourth-order valence-electron chi connectivity index (χ4n) is 2.96. The molecule has 0 aliphatic heterocycles. The van der Waals surface area contributed by atoms with Gasteiger partial charge in [-0.2, -0.15) is 0 Å². The number of fused-ring (bicyclic) bond motifs is 1. The van der Waals surface area contributed by atoms with Gasteiger partial charge in [0.05, 0.1) is 11.6 Å². The van der Waals surface area contributed by atoms with Crippen LogP contribution in [0.15, 0.2) is 28.3 Å². The highest BCUT2D eigenvalue weighted by molar-refractivity contribution is 7.98. The van der Waals surface area contributed by atoms with E-state index >= 15 is 0 Å². The number of rotatable bonds is 2. The van der Waals surface area contributed by atoms with Crippen molar-refractivity contribution >= 4 is 22.8 Å². The lowest BCUT2D eigenvalue weighted by atomic mass is 10.00. The van der Waals surface area contributed by atoms with Crippen molar-refractivity contribution in [3.05, 3.63) is 28.7 Å². The standard InChI is InChI=1S/C14H17N3O2S/c1-14(19)7-3-4-10(14)17-11(18)6-5-9-8-15-13(20-2)16-12(9)17/h5-6,8,10,19H,3-4,7H2,1-2H3/t10?,14-/m1/s1. The molecule has 1 unspecified atom stereocenters. The fraction of sp³-hybridized carbons (Fsp3) is 0.500. The molecule has 1 N–H and O–H groups in total. The van der Waals surface area contributed by atoms with Crippen LogP contribution in [0.1, 0.15) is 32.2 Å². The van der Waals surface area contributed by atoms with Crippen molar-refractivity contribution < 1.29 is 5.11 Å². The van der Waals surface area contributed by atoms with Gasteiger partial charge in [-0.1, -0.05) is 11.8 Å². The Morgan fingerprint density at radius 2 is 2.30 bits per heavy atom. The van der Waals surface area contributed by atoms with Gasteiger partial charge in [0.25, 0.3) is 5.56 Å². The van der Waals surface area contributed by atoms with E-state index in [-0.39, 0.29) is 11.6 Å². The molecular weight excluding hydrogens is 274 g/mol. The summed E-state index contributed by atoms with van der Waals surface area (Å²) in [4.78, 5) is 21.0. The second-order valence-electron chi connectivity index (χ2n) is 5.44. The highest BCUT2D eigenvalue weighted by Gasteiger charge is 2.39. The van der Waals surface area contributed by atoms with Crippen LogP contribution in [-0.2, 0) is 0 Å². The monoisotopic (exact) mass is 291 g/mol. The summed E-state index contributed by atoms with van der Waals surface area (Å²) in [5.74, 6) is 0. The van der Waals surface area contributed by atoms with Gasteiger partial charge in [-0.05, 0) is 38.5 Å². The number of thioether (sulfide) groups is 1. The molecule has 5 nitrogen and oxygen atoms in total. The lowest BCUT2D eigenvalue weighted by molar-refractivity contribution is 0.0266. The average molecular weight is 291 g/mol. The minimum Gasteiger partial charge on any atom is -0.388 e. The highest BCUT2D eigenvalue weighted by atomic mass is 32.2. The van der Waals surface area contributed by atoms with E-state index in [1.165, 1.54) is 17.8 Å². The van der Waals surface area contributed by atoms with Crippen LogP contribution in [0.4, 0.5) is 0 Å². The van der Waals surface area contributed by atoms with Crippen molar-refractivity contribution in [2.45, 2.75) is 43.0 Å². The molecule has 20 heavy (non-hydrogen) atoms. The van der Waals surface area contributed by atoms with E-state index in [4.69, 9.17) is 0 Å². The van der Waals surface area contributed by atoms with E-state index in [0.717, 1.165) is 18.2 Å². The Bertz CT molecular complexity index is 711. The summed E-state index contributed by atoms with van der Waals surface area (Å²) >= 11 is 1.44. The van der Waals surface area contributed by atoms with Crippen molar-refractivity contribution in [2.24, 2.45) is 0 Å². The maximum atomic E-state index is 12.3. The molecule has 2 atom stereocenters. The van der Waals surface area contributed by atoms with E-state index in [1.807, 2.05) is 6.26 Å². The molecule has 0 spiro atoms. The predicted molar refractivity (Wildman–Crippen MR) is 79.1 cm³/mol. The largest absolute Gasteiger partial charge is 0.388 e. The number of aliphatic hydroxyl groups is 1. The molecular formula is C14H17N3O2S. The first-order chi connectivity index (χ1) is 9.53. The Kier molecular flexibility index (Phi) is 3.30.